The first-order valence-corrected chi connectivity index (χ1v) is 7.02. The Morgan fingerprint density at radius 3 is 1.62 bits per heavy atom. The van der Waals surface area contributed by atoms with Gasteiger partial charge in [-0.25, -0.2) is 4.57 Å². The van der Waals surface area contributed by atoms with Gasteiger partial charge in [0.15, 0.2) is 0 Å². The maximum Gasteiger partial charge on any atom is 0.466 e. The maximum absolute atomic E-state index is 8.88. The van der Waals surface area contributed by atoms with E-state index in [0.29, 0.717) is 12.6 Å². The van der Waals surface area contributed by atoms with Gasteiger partial charge in [-0.2, -0.15) is 0 Å². The van der Waals surface area contributed by atoms with Gasteiger partial charge in [-0.05, 0) is 19.3 Å². The van der Waals surface area contributed by atoms with Crippen LogP contribution in [-0.2, 0) is 4.57 Å². The molecule has 0 saturated heterocycles. The Balaban J connectivity index is 0. The molecule has 6 nitrogen and oxygen atoms in total. The molecule has 0 atom stereocenters. The first-order valence-electron chi connectivity index (χ1n) is 5.46. The van der Waals surface area contributed by atoms with E-state index in [2.05, 4.69) is 0 Å². The standard InChI is InChI=1S/C6H13N.C3H8O.H3O4P/c7-6-4-2-1-3-5-6;1-2-3-4;1-5(2,3)4/h6H,1-5,7H2;4H,2-3H2,1H3;(H3,1,2,3,4). The molecular formula is C9H24NO5P. The summed E-state index contributed by atoms with van der Waals surface area (Å²) in [5.41, 5.74) is 5.63. The molecule has 1 aliphatic carbocycles. The van der Waals surface area contributed by atoms with Gasteiger partial charge in [0.2, 0.25) is 0 Å². The molecule has 1 saturated carbocycles. The summed E-state index contributed by atoms with van der Waals surface area (Å²) in [6.45, 7) is 2.25. The maximum atomic E-state index is 8.88. The zero-order valence-electron chi connectivity index (χ0n) is 9.75. The van der Waals surface area contributed by atoms with E-state index in [9.17, 15) is 0 Å². The summed E-state index contributed by atoms with van der Waals surface area (Å²) < 4.78 is 8.88. The lowest BCUT2D eigenvalue weighted by Gasteiger charge is -2.15. The van der Waals surface area contributed by atoms with Crippen LogP contribution in [0.2, 0.25) is 0 Å². The fourth-order valence-corrected chi connectivity index (χ4v) is 1.13. The summed E-state index contributed by atoms with van der Waals surface area (Å²) in [7, 11) is -4.64. The van der Waals surface area contributed by atoms with Gasteiger partial charge in [-0.3, -0.25) is 0 Å². The van der Waals surface area contributed by atoms with Gasteiger partial charge in [-0.1, -0.05) is 26.2 Å². The number of rotatable bonds is 1. The summed E-state index contributed by atoms with van der Waals surface area (Å²) in [5, 5.41) is 7.88. The Hall–Kier alpha value is 0.0300. The van der Waals surface area contributed by atoms with Crippen molar-refractivity contribution in [1.29, 1.82) is 0 Å². The molecule has 0 aromatic rings. The average molecular weight is 257 g/mol. The van der Waals surface area contributed by atoms with Crippen molar-refractivity contribution in [3.63, 3.8) is 0 Å². The van der Waals surface area contributed by atoms with Crippen molar-refractivity contribution in [1.82, 2.24) is 0 Å². The van der Waals surface area contributed by atoms with Gasteiger partial charge >= 0.3 is 7.82 Å². The van der Waals surface area contributed by atoms with Crippen LogP contribution in [0, 0.1) is 0 Å². The lowest BCUT2D eigenvalue weighted by molar-refractivity contribution is 0.275. The molecule has 0 spiro atoms. The predicted octanol–water partition coefficient (Wildman–Crippen LogP) is 0.738. The van der Waals surface area contributed by atoms with Crippen LogP contribution < -0.4 is 5.73 Å². The van der Waals surface area contributed by atoms with E-state index in [4.69, 9.17) is 30.1 Å². The number of aliphatic hydroxyl groups excluding tert-OH is 1. The number of hydrogen-bond donors (Lipinski definition) is 5. The second kappa shape index (κ2) is 11.5. The van der Waals surface area contributed by atoms with Gasteiger partial charge in [0, 0.05) is 12.6 Å². The third-order valence-electron chi connectivity index (χ3n) is 1.87. The van der Waals surface area contributed by atoms with Crippen LogP contribution in [0.4, 0.5) is 0 Å². The van der Waals surface area contributed by atoms with Crippen LogP contribution in [-0.4, -0.2) is 32.4 Å². The zero-order chi connectivity index (χ0) is 13.0. The summed E-state index contributed by atoms with van der Waals surface area (Å²) >= 11 is 0. The molecule has 0 aromatic heterocycles. The molecule has 7 heteroatoms. The number of nitrogens with two attached hydrogens (primary N) is 1. The van der Waals surface area contributed by atoms with E-state index in [0.717, 1.165) is 6.42 Å². The largest absolute Gasteiger partial charge is 0.466 e. The average Bonchev–Trinajstić information content (AvgIpc) is 2.17. The molecule has 1 rings (SSSR count). The molecule has 0 heterocycles. The van der Waals surface area contributed by atoms with E-state index in [1.165, 1.54) is 32.1 Å². The molecule has 6 N–H and O–H groups in total. The van der Waals surface area contributed by atoms with Crippen LogP contribution in [0.15, 0.2) is 0 Å². The Kier molecular flexibility index (Phi) is 13.2. The molecule has 0 bridgehead atoms. The topological polar surface area (TPSA) is 124 Å². The Morgan fingerprint density at radius 1 is 1.19 bits per heavy atom. The molecule has 1 fully saturated rings. The third-order valence-corrected chi connectivity index (χ3v) is 1.87. The van der Waals surface area contributed by atoms with Crippen molar-refractivity contribution in [2.45, 2.75) is 51.5 Å². The molecule has 100 valence electrons. The van der Waals surface area contributed by atoms with Crippen molar-refractivity contribution in [3.8, 4) is 0 Å². The summed E-state index contributed by atoms with van der Waals surface area (Å²) in [5.74, 6) is 0. The SMILES string of the molecule is CCCO.NC1CCCCC1.O=P(O)(O)O. The Bertz CT molecular complexity index is 168. The lowest BCUT2D eigenvalue weighted by atomic mass is 9.97. The van der Waals surface area contributed by atoms with Crippen LogP contribution in [0.1, 0.15) is 45.4 Å². The van der Waals surface area contributed by atoms with Gasteiger partial charge in [0.05, 0.1) is 0 Å². The molecule has 0 unspecified atom stereocenters. The molecule has 16 heavy (non-hydrogen) atoms. The van der Waals surface area contributed by atoms with E-state index in [1.807, 2.05) is 6.92 Å². The van der Waals surface area contributed by atoms with E-state index in [1.54, 1.807) is 0 Å². The second-order valence-corrected chi connectivity index (χ2v) is 4.66. The first kappa shape index (κ1) is 18.4. The Labute approximate surface area is 96.7 Å². The highest BCUT2D eigenvalue weighted by molar-refractivity contribution is 7.45. The highest BCUT2D eigenvalue weighted by atomic mass is 31.2. The molecule has 0 amide bonds. The van der Waals surface area contributed by atoms with Gasteiger partial charge in [-0.15, -0.1) is 0 Å². The van der Waals surface area contributed by atoms with Gasteiger partial charge in [0.1, 0.15) is 0 Å². The predicted molar refractivity (Wildman–Crippen MR) is 62.7 cm³/mol. The van der Waals surface area contributed by atoms with Crippen molar-refractivity contribution in [2.75, 3.05) is 6.61 Å². The lowest BCUT2D eigenvalue weighted by Crippen LogP contribution is -2.22. The van der Waals surface area contributed by atoms with Crippen molar-refractivity contribution in [3.05, 3.63) is 0 Å². The van der Waals surface area contributed by atoms with Gasteiger partial charge in [0.25, 0.3) is 0 Å². The number of phosphoric acid groups is 1. The summed E-state index contributed by atoms with van der Waals surface area (Å²) in [6.07, 6.45) is 7.54. The molecule has 1 aliphatic rings. The number of aliphatic hydroxyl groups is 1. The Morgan fingerprint density at radius 2 is 1.50 bits per heavy atom. The fraction of sp³-hybridized carbons (Fsp3) is 1.00. The second-order valence-electron chi connectivity index (χ2n) is 3.63. The van der Waals surface area contributed by atoms with Gasteiger partial charge < -0.3 is 25.5 Å². The van der Waals surface area contributed by atoms with Crippen molar-refractivity contribution >= 4 is 7.82 Å². The van der Waals surface area contributed by atoms with E-state index in [-0.39, 0.29) is 0 Å². The van der Waals surface area contributed by atoms with Crippen molar-refractivity contribution < 1.29 is 24.4 Å². The minimum atomic E-state index is -4.64. The highest BCUT2D eigenvalue weighted by Crippen LogP contribution is 2.25. The monoisotopic (exact) mass is 257 g/mol. The molecule has 0 radical (unpaired) electrons. The smallest absolute Gasteiger partial charge is 0.396 e. The third kappa shape index (κ3) is 29.2. The zero-order valence-corrected chi connectivity index (χ0v) is 10.6. The highest BCUT2D eigenvalue weighted by Gasteiger charge is 2.06. The quantitative estimate of drug-likeness (QED) is 0.441. The minimum absolute atomic E-state index is 0.319. The van der Waals surface area contributed by atoms with E-state index < -0.39 is 7.82 Å². The van der Waals surface area contributed by atoms with Crippen LogP contribution in [0.3, 0.4) is 0 Å². The minimum Gasteiger partial charge on any atom is -0.396 e. The summed E-state index contributed by atoms with van der Waals surface area (Å²) in [4.78, 5) is 21.6. The molecule has 0 aliphatic heterocycles. The van der Waals surface area contributed by atoms with Crippen LogP contribution in [0.5, 0.6) is 0 Å². The van der Waals surface area contributed by atoms with E-state index >= 15 is 0 Å². The van der Waals surface area contributed by atoms with Crippen molar-refractivity contribution in [2.24, 2.45) is 5.73 Å². The summed E-state index contributed by atoms with van der Waals surface area (Å²) in [6, 6.07) is 0.536. The normalized spacial score (nSPS) is 16.6. The van der Waals surface area contributed by atoms with Crippen LogP contribution >= 0.6 is 7.82 Å². The molecular weight excluding hydrogens is 233 g/mol. The fourth-order valence-electron chi connectivity index (χ4n) is 1.13. The molecule has 0 aromatic carbocycles. The number of hydrogen-bond acceptors (Lipinski definition) is 3. The van der Waals surface area contributed by atoms with Crippen LogP contribution in [0.25, 0.3) is 0 Å². The first-order chi connectivity index (χ1) is 7.31.